The van der Waals surface area contributed by atoms with Gasteiger partial charge >= 0.3 is 0 Å². The van der Waals surface area contributed by atoms with Gasteiger partial charge in [-0.2, -0.15) is 0 Å². The van der Waals surface area contributed by atoms with Crippen LogP contribution in [-0.4, -0.2) is 39.7 Å². The summed E-state index contributed by atoms with van der Waals surface area (Å²) in [5.74, 6) is 0.842. The SMILES string of the molecule is COc1ccc(CO[C@H]2C[C@@H](Sc3ccccc3)O[C@H]2CO[Si](c2ccccc2)(c2ccccc2)C(C)(C)C)cc1. The van der Waals surface area contributed by atoms with E-state index < -0.39 is 8.32 Å². The molecule has 1 fully saturated rings. The fraction of sp³-hybridized carbons (Fsp3) is 0.314. The molecule has 5 rings (SSSR count). The van der Waals surface area contributed by atoms with Crippen LogP contribution in [0.3, 0.4) is 0 Å². The minimum atomic E-state index is -2.70. The van der Waals surface area contributed by atoms with Crippen LogP contribution in [0.25, 0.3) is 0 Å². The average Bonchev–Trinajstić information content (AvgIpc) is 3.38. The van der Waals surface area contributed by atoms with Crippen molar-refractivity contribution in [3.63, 3.8) is 0 Å². The Morgan fingerprint density at radius 2 is 1.34 bits per heavy atom. The van der Waals surface area contributed by atoms with E-state index >= 15 is 0 Å². The van der Waals surface area contributed by atoms with Crippen molar-refractivity contribution in [3.05, 3.63) is 121 Å². The van der Waals surface area contributed by atoms with Gasteiger partial charge in [-0.15, -0.1) is 0 Å². The van der Waals surface area contributed by atoms with E-state index in [1.807, 2.05) is 18.2 Å². The smallest absolute Gasteiger partial charge is 0.261 e. The Labute approximate surface area is 250 Å². The molecule has 4 aromatic rings. The summed E-state index contributed by atoms with van der Waals surface area (Å²) in [6, 6.07) is 40.0. The van der Waals surface area contributed by atoms with Crippen LogP contribution < -0.4 is 15.1 Å². The third kappa shape index (κ3) is 6.96. The predicted octanol–water partition coefficient (Wildman–Crippen LogP) is 7.06. The second-order valence-corrected chi connectivity index (χ2v) is 17.0. The highest BCUT2D eigenvalue weighted by Gasteiger charge is 2.51. The Bertz CT molecular complexity index is 1300. The van der Waals surface area contributed by atoms with E-state index in [0.717, 1.165) is 17.7 Å². The van der Waals surface area contributed by atoms with Crippen molar-refractivity contribution in [2.75, 3.05) is 13.7 Å². The van der Waals surface area contributed by atoms with Gasteiger partial charge in [0, 0.05) is 11.3 Å². The zero-order valence-electron chi connectivity index (χ0n) is 24.4. The third-order valence-electron chi connectivity index (χ3n) is 7.68. The molecular formula is C35H40O4SSi. The highest BCUT2D eigenvalue weighted by molar-refractivity contribution is 7.99. The van der Waals surface area contributed by atoms with Crippen molar-refractivity contribution in [1.82, 2.24) is 0 Å². The molecule has 1 saturated heterocycles. The van der Waals surface area contributed by atoms with E-state index in [2.05, 4.69) is 118 Å². The van der Waals surface area contributed by atoms with Crippen molar-refractivity contribution >= 4 is 30.5 Å². The third-order valence-corrected chi connectivity index (χ3v) is 13.8. The Morgan fingerprint density at radius 1 is 0.780 bits per heavy atom. The van der Waals surface area contributed by atoms with Crippen LogP contribution in [-0.2, 0) is 20.5 Å². The van der Waals surface area contributed by atoms with E-state index in [1.54, 1.807) is 18.9 Å². The minimum Gasteiger partial charge on any atom is -0.497 e. The van der Waals surface area contributed by atoms with Crippen molar-refractivity contribution in [1.29, 1.82) is 0 Å². The average molecular weight is 585 g/mol. The minimum absolute atomic E-state index is 0.00831. The topological polar surface area (TPSA) is 36.9 Å². The molecule has 1 aliphatic heterocycles. The van der Waals surface area contributed by atoms with Gasteiger partial charge < -0.3 is 18.6 Å². The van der Waals surface area contributed by atoms with Crippen LogP contribution in [0, 0.1) is 0 Å². The molecule has 4 nitrogen and oxygen atoms in total. The molecule has 0 radical (unpaired) electrons. The Balaban J connectivity index is 1.40. The summed E-state index contributed by atoms with van der Waals surface area (Å²) in [5, 5.41) is 2.43. The molecule has 4 aromatic carbocycles. The van der Waals surface area contributed by atoms with Gasteiger partial charge in [0.15, 0.2) is 0 Å². The molecule has 6 heteroatoms. The van der Waals surface area contributed by atoms with Gasteiger partial charge in [-0.1, -0.05) is 124 Å². The lowest BCUT2D eigenvalue weighted by Gasteiger charge is -2.43. The van der Waals surface area contributed by atoms with Gasteiger partial charge in [-0.05, 0) is 45.2 Å². The first-order valence-electron chi connectivity index (χ1n) is 14.3. The Hall–Kier alpha value is -2.87. The maximum Gasteiger partial charge on any atom is 0.261 e. The van der Waals surface area contributed by atoms with E-state index in [-0.39, 0.29) is 22.7 Å². The van der Waals surface area contributed by atoms with Crippen LogP contribution in [0.2, 0.25) is 5.04 Å². The van der Waals surface area contributed by atoms with Gasteiger partial charge in [-0.25, -0.2) is 0 Å². The molecule has 0 spiro atoms. The summed E-state index contributed by atoms with van der Waals surface area (Å²) in [5.41, 5.74) is 1.10. The van der Waals surface area contributed by atoms with Gasteiger partial charge in [0.05, 0.1) is 26.4 Å². The van der Waals surface area contributed by atoms with Crippen LogP contribution >= 0.6 is 11.8 Å². The van der Waals surface area contributed by atoms with E-state index in [0.29, 0.717) is 13.2 Å². The summed E-state index contributed by atoms with van der Waals surface area (Å²) in [7, 11) is -1.01. The second-order valence-electron chi connectivity index (χ2n) is 11.4. The normalized spacial score (nSPS) is 19.3. The molecule has 214 valence electrons. The Kier molecular flexibility index (Phi) is 9.68. The Morgan fingerprint density at radius 3 is 1.88 bits per heavy atom. The van der Waals surface area contributed by atoms with Gasteiger partial charge in [0.1, 0.15) is 17.3 Å². The zero-order valence-corrected chi connectivity index (χ0v) is 26.2. The van der Waals surface area contributed by atoms with Crippen LogP contribution in [0.1, 0.15) is 32.8 Å². The standard InChI is InChI=1S/C35H40O4SSi/c1-35(2,3)41(30-16-10-6-11-17-30,31-18-12-7-13-19-31)38-26-33-32(37-25-27-20-22-28(36-4)23-21-27)24-34(39-33)40-29-14-8-5-9-15-29/h5-23,32-34H,24-26H2,1-4H3/t32-,33-,34+/m0/s1. The van der Waals surface area contributed by atoms with Crippen LogP contribution in [0.15, 0.2) is 120 Å². The highest BCUT2D eigenvalue weighted by atomic mass is 32.2. The van der Waals surface area contributed by atoms with Crippen molar-refractivity contribution in [3.8, 4) is 5.75 Å². The zero-order chi connectivity index (χ0) is 28.7. The lowest BCUT2D eigenvalue weighted by molar-refractivity contribution is -0.0395. The highest BCUT2D eigenvalue weighted by Crippen LogP contribution is 2.39. The fourth-order valence-corrected chi connectivity index (χ4v) is 11.3. The molecule has 1 heterocycles. The number of rotatable bonds is 11. The monoisotopic (exact) mass is 584 g/mol. The summed E-state index contributed by atoms with van der Waals surface area (Å²) < 4.78 is 25.9. The fourth-order valence-electron chi connectivity index (χ4n) is 5.62. The summed E-state index contributed by atoms with van der Waals surface area (Å²) >= 11 is 1.75. The number of methoxy groups -OCH3 is 1. The van der Waals surface area contributed by atoms with Crippen LogP contribution in [0.4, 0.5) is 0 Å². The first-order chi connectivity index (χ1) is 19.9. The van der Waals surface area contributed by atoms with Gasteiger partial charge in [0.25, 0.3) is 8.32 Å². The number of thioether (sulfide) groups is 1. The molecule has 0 aromatic heterocycles. The van der Waals surface area contributed by atoms with Gasteiger partial charge in [-0.3, -0.25) is 0 Å². The number of hydrogen-bond donors (Lipinski definition) is 0. The lowest BCUT2D eigenvalue weighted by Crippen LogP contribution is -2.67. The van der Waals surface area contributed by atoms with Crippen molar-refractivity contribution < 1.29 is 18.6 Å². The maximum atomic E-state index is 7.27. The molecule has 0 amide bonds. The molecule has 0 saturated carbocycles. The molecule has 0 aliphatic carbocycles. The van der Waals surface area contributed by atoms with Crippen LogP contribution in [0.5, 0.6) is 5.75 Å². The first-order valence-corrected chi connectivity index (χ1v) is 17.0. The number of ether oxygens (including phenoxy) is 3. The van der Waals surface area contributed by atoms with E-state index in [1.165, 1.54) is 15.3 Å². The first kappa shape index (κ1) is 29.6. The molecule has 1 aliphatic rings. The second kappa shape index (κ2) is 13.4. The van der Waals surface area contributed by atoms with E-state index in [4.69, 9.17) is 18.6 Å². The molecule has 3 atom stereocenters. The molecule has 0 unspecified atom stereocenters. The number of benzene rings is 4. The quantitative estimate of drug-likeness (QED) is 0.176. The molecule has 0 bridgehead atoms. The van der Waals surface area contributed by atoms with E-state index in [9.17, 15) is 0 Å². The summed E-state index contributed by atoms with van der Waals surface area (Å²) in [4.78, 5) is 1.19. The van der Waals surface area contributed by atoms with Crippen molar-refractivity contribution in [2.45, 2.75) is 61.4 Å². The molecular weight excluding hydrogens is 545 g/mol. The number of hydrogen-bond acceptors (Lipinski definition) is 5. The summed E-state index contributed by atoms with van der Waals surface area (Å²) in [6.45, 7) is 7.89. The largest absolute Gasteiger partial charge is 0.497 e. The van der Waals surface area contributed by atoms with Crippen molar-refractivity contribution in [2.24, 2.45) is 0 Å². The molecule has 41 heavy (non-hydrogen) atoms. The summed E-state index contributed by atoms with van der Waals surface area (Å²) in [6.07, 6.45) is 0.525. The lowest BCUT2D eigenvalue weighted by atomic mass is 10.2. The van der Waals surface area contributed by atoms with Gasteiger partial charge in [0.2, 0.25) is 0 Å². The maximum absolute atomic E-state index is 7.27. The molecule has 0 N–H and O–H groups in total. The predicted molar refractivity (Wildman–Crippen MR) is 171 cm³/mol.